The molecular formula is C21H26ClN5O3S3. The van der Waals surface area contributed by atoms with E-state index in [1.807, 2.05) is 6.92 Å². The number of thioether (sulfide) groups is 2. The second kappa shape index (κ2) is 13.0. The van der Waals surface area contributed by atoms with E-state index >= 15 is 0 Å². The maximum Gasteiger partial charge on any atom is 0.255 e. The topological polar surface area (TPSA) is 113 Å². The third-order valence-corrected chi connectivity index (χ3v) is 8.06. The van der Waals surface area contributed by atoms with Crippen LogP contribution in [0.1, 0.15) is 17.8 Å². The van der Waals surface area contributed by atoms with Gasteiger partial charge < -0.3 is 20.0 Å². The molecule has 0 bridgehead atoms. The number of aryl methyl sites for hydroxylation is 1. The zero-order chi connectivity index (χ0) is 23.5. The first kappa shape index (κ1) is 25.5. The number of oxazole rings is 1. The van der Waals surface area contributed by atoms with Crippen LogP contribution in [0.3, 0.4) is 0 Å². The summed E-state index contributed by atoms with van der Waals surface area (Å²) in [6.45, 7) is 3.20. The molecule has 12 heteroatoms. The standard InChI is InChI=1S/C21H26ClN5O3S3/c1-16-19(27-15-26-16)13-31-12-9-24-20(23-7-2-11-32-21-25-8-10-30-21)14-33(28,29)18-5-3-17(22)4-6-18/h3-6,8,10,14-15,23-24H,2,7,9,11-13H2,1H3,(H,26,27). The molecule has 0 fully saturated rings. The van der Waals surface area contributed by atoms with Crippen molar-refractivity contribution in [3.63, 3.8) is 0 Å². The number of benzene rings is 1. The van der Waals surface area contributed by atoms with Gasteiger partial charge in [-0.25, -0.2) is 18.4 Å². The number of aromatic amines is 1. The molecule has 0 radical (unpaired) electrons. The molecule has 178 valence electrons. The highest BCUT2D eigenvalue weighted by Gasteiger charge is 2.13. The molecule has 0 unspecified atom stereocenters. The minimum atomic E-state index is -3.64. The molecule has 1 aromatic carbocycles. The first-order valence-electron chi connectivity index (χ1n) is 10.2. The van der Waals surface area contributed by atoms with Crippen LogP contribution in [0, 0.1) is 6.92 Å². The van der Waals surface area contributed by atoms with Crippen molar-refractivity contribution in [3.8, 4) is 0 Å². The molecule has 2 heterocycles. The monoisotopic (exact) mass is 527 g/mol. The van der Waals surface area contributed by atoms with Gasteiger partial charge in [0.15, 0.2) is 0 Å². The SMILES string of the molecule is Cc1[nH]cnc1CSCCNC(=CS(=O)(=O)c1ccc(Cl)cc1)NCCCSc1ncco1. The van der Waals surface area contributed by atoms with E-state index in [0.29, 0.717) is 29.2 Å². The van der Waals surface area contributed by atoms with Crippen molar-refractivity contribution in [3.05, 3.63) is 70.7 Å². The average Bonchev–Trinajstić information content (AvgIpc) is 3.45. The minimum Gasteiger partial charge on any atom is -0.440 e. The lowest BCUT2D eigenvalue weighted by atomic mass is 10.4. The molecule has 3 rings (SSSR count). The summed E-state index contributed by atoms with van der Waals surface area (Å²) in [7, 11) is -3.64. The normalized spacial score (nSPS) is 12.1. The molecule has 0 saturated heterocycles. The summed E-state index contributed by atoms with van der Waals surface area (Å²) >= 11 is 9.13. The van der Waals surface area contributed by atoms with Gasteiger partial charge in [0.25, 0.3) is 5.22 Å². The molecule has 0 amide bonds. The van der Waals surface area contributed by atoms with Gasteiger partial charge in [0, 0.05) is 41.1 Å². The fourth-order valence-corrected chi connectivity index (χ4v) is 5.54. The summed E-state index contributed by atoms with van der Waals surface area (Å²) in [5.74, 6) is 2.85. The number of halogens is 1. The maximum atomic E-state index is 12.8. The predicted molar refractivity (Wildman–Crippen MR) is 134 cm³/mol. The Labute approximate surface area is 207 Å². The number of hydrogen-bond acceptors (Lipinski definition) is 9. The second-order valence-corrected chi connectivity index (χ2v) is 11.3. The third-order valence-electron chi connectivity index (χ3n) is 4.42. The number of rotatable bonds is 14. The van der Waals surface area contributed by atoms with Crippen LogP contribution < -0.4 is 10.6 Å². The number of imidazole rings is 1. The smallest absolute Gasteiger partial charge is 0.255 e. The number of aromatic nitrogens is 3. The fourth-order valence-electron chi connectivity index (χ4n) is 2.69. The second-order valence-electron chi connectivity index (χ2n) is 6.91. The van der Waals surface area contributed by atoms with Gasteiger partial charge in [-0.2, -0.15) is 11.8 Å². The van der Waals surface area contributed by atoms with E-state index in [0.717, 1.165) is 35.1 Å². The highest BCUT2D eigenvalue weighted by atomic mass is 35.5. The zero-order valence-corrected chi connectivity index (χ0v) is 21.3. The van der Waals surface area contributed by atoms with Crippen LogP contribution in [0.5, 0.6) is 0 Å². The van der Waals surface area contributed by atoms with Crippen LogP contribution in [0.4, 0.5) is 0 Å². The van der Waals surface area contributed by atoms with Gasteiger partial charge in [-0.1, -0.05) is 23.4 Å². The molecule has 2 aromatic heterocycles. The van der Waals surface area contributed by atoms with Gasteiger partial charge in [0.2, 0.25) is 9.84 Å². The van der Waals surface area contributed by atoms with Gasteiger partial charge in [0.05, 0.1) is 28.5 Å². The first-order chi connectivity index (χ1) is 15.9. The average molecular weight is 528 g/mol. The van der Waals surface area contributed by atoms with Gasteiger partial charge in [0.1, 0.15) is 12.1 Å². The molecule has 3 aromatic rings. The zero-order valence-electron chi connectivity index (χ0n) is 18.1. The first-order valence-corrected chi connectivity index (χ1v) is 14.3. The molecule has 0 saturated carbocycles. The lowest BCUT2D eigenvalue weighted by Crippen LogP contribution is -2.30. The Morgan fingerprint density at radius 3 is 2.67 bits per heavy atom. The van der Waals surface area contributed by atoms with Gasteiger partial charge in [-0.05, 0) is 37.6 Å². The molecule has 0 aliphatic heterocycles. The largest absolute Gasteiger partial charge is 0.440 e. The molecule has 0 aliphatic carbocycles. The van der Waals surface area contributed by atoms with Crippen molar-refractivity contribution < 1.29 is 12.8 Å². The van der Waals surface area contributed by atoms with Crippen molar-refractivity contribution >= 4 is 45.0 Å². The molecule has 33 heavy (non-hydrogen) atoms. The van der Waals surface area contributed by atoms with Crippen LogP contribution in [-0.4, -0.2) is 48.0 Å². The molecule has 0 spiro atoms. The van der Waals surface area contributed by atoms with Crippen molar-refractivity contribution in [1.82, 2.24) is 25.6 Å². The van der Waals surface area contributed by atoms with Crippen LogP contribution >= 0.6 is 35.1 Å². The van der Waals surface area contributed by atoms with Crippen molar-refractivity contribution in [2.45, 2.75) is 29.2 Å². The summed E-state index contributed by atoms with van der Waals surface area (Å²) in [5, 5.41) is 8.77. The van der Waals surface area contributed by atoms with E-state index in [1.54, 1.807) is 42.7 Å². The molecule has 0 atom stereocenters. The van der Waals surface area contributed by atoms with Crippen LogP contribution in [0.25, 0.3) is 0 Å². The Bertz CT molecular complexity index is 1120. The van der Waals surface area contributed by atoms with E-state index in [-0.39, 0.29) is 4.90 Å². The third kappa shape index (κ3) is 8.65. The number of nitrogens with zero attached hydrogens (tertiary/aromatic N) is 2. The Hall–Kier alpha value is -2.08. The van der Waals surface area contributed by atoms with E-state index in [9.17, 15) is 8.42 Å². The van der Waals surface area contributed by atoms with Crippen molar-refractivity contribution in [1.29, 1.82) is 0 Å². The highest BCUT2D eigenvalue weighted by Crippen LogP contribution is 2.18. The Morgan fingerprint density at radius 1 is 1.18 bits per heavy atom. The highest BCUT2D eigenvalue weighted by molar-refractivity contribution is 7.99. The number of hydrogen-bond donors (Lipinski definition) is 3. The molecular weight excluding hydrogens is 502 g/mol. The summed E-state index contributed by atoms with van der Waals surface area (Å²) in [6.07, 6.45) is 5.65. The minimum absolute atomic E-state index is 0.191. The molecule has 0 aliphatic rings. The molecule has 8 nitrogen and oxygen atoms in total. The van der Waals surface area contributed by atoms with E-state index in [1.165, 1.54) is 29.3 Å². The van der Waals surface area contributed by atoms with Crippen molar-refractivity contribution in [2.75, 3.05) is 24.6 Å². The Kier molecular flexibility index (Phi) is 10.0. The number of sulfone groups is 1. The molecule has 3 N–H and O–H groups in total. The lowest BCUT2D eigenvalue weighted by molar-refractivity contribution is 0.454. The van der Waals surface area contributed by atoms with Crippen LogP contribution in [0.15, 0.2) is 68.8 Å². The van der Waals surface area contributed by atoms with Gasteiger partial charge in [-0.15, -0.1) is 0 Å². The Morgan fingerprint density at radius 2 is 1.97 bits per heavy atom. The number of nitrogens with one attached hydrogen (secondary N) is 3. The summed E-state index contributed by atoms with van der Waals surface area (Å²) in [5.41, 5.74) is 2.09. The van der Waals surface area contributed by atoms with E-state index in [4.69, 9.17) is 16.0 Å². The summed E-state index contributed by atoms with van der Waals surface area (Å²) < 4.78 is 30.9. The predicted octanol–water partition coefficient (Wildman–Crippen LogP) is 4.23. The Balaban J connectivity index is 1.53. The number of H-pyrrole nitrogens is 1. The lowest BCUT2D eigenvalue weighted by Gasteiger charge is -2.14. The van der Waals surface area contributed by atoms with E-state index in [2.05, 4.69) is 25.6 Å². The van der Waals surface area contributed by atoms with Crippen molar-refractivity contribution in [2.24, 2.45) is 0 Å². The maximum absolute atomic E-state index is 12.8. The van der Waals surface area contributed by atoms with Gasteiger partial charge in [-0.3, -0.25) is 0 Å². The fraction of sp³-hybridized carbons (Fsp3) is 0.333. The van der Waals surface area contributed by atoms with Crippen LogP contribution in [-0.2, 0) is 15.6 Å². The van der Waals surface area contributed by atoms with Crippen LogP contribution in [0.2, 0.25) is 5.02 Å². The van der Waals surface area contributed by atoms with Gasteiger partial charge >= 0.3 is 0 Å². The van der Waals surface area contributed by atoms with E-state index < -0.39 is 9.84 Å². The summed E-state index contributed by atoms with van der Waals surface area (Å²) in [4.78, 5) is 11.6. The quantitative estimate of drug-likeness (QED) is 0.209. The summed E-state index contributed by atoms with van der Waals surface area (Å²) in [6, 6.07) is 6.13.